The zero-order valence-corrected chi connectivity index (χ0v) is 11.1. The van der Waals surface area contributed by atoms with Gasteiger partial charge in [-0.15, -0.1) is 0 Å². The summed E-state index contributed by atoms with van der Waals surface area (Å²) in [6.45, 7) is 5.50. The van der Waals surface area contributed by atoms with Crippen LogP contribution < -0.4 is 0 Å². The van der Waals surface area contributed by atoms with E-state index >= 15 is 0 Å². The van der Waals surface area contributed by atoms with Gasteiger partial charge in [0.1, 0.15) is 11.4 Å². The second-order valence-corrected chi connectivity index (χ2v) is 5.10. The van der Waals surface area contributed by atoms with Gasteiger partial charge in [-0.25, -0.2) is 4.79 Å². The maximum atomic E-state index is 11.4. The minimum absolute atomic E-state index is 0.295. The molecule has 0 radical (unpaired) electrons. The number of allylic oxidation sites excluding steroid dienone is 1. The van der Waals surface area contributed by atoms with E-state index in [2.05, 4.69) is 0 Å². The second kappa shape index (κ2) is 6.24. The van der Waals surface area contributed by atoms with E-state index in [9.17, 15) is 9.90 Å². The molecule has 0 fully saturated rings. The Labute approximate surface area is 108 Å². The molecule has 1 aromatic carbocycles. The van der Waals surface area contributed by atoms with Gasteiger partial charge >= 0.3 is 5.97 Å². The highest BCUT2D eigenvalue weighted by Crippen LogP contribution is 2.17. The maximum Gasteiger partial charge on any atom is 0.330 e. The van der Waals surface area contributed by atoms with Crippen molar-refractivity contribution in [2.45, 2.75) is 39.2 Å². The van der Waals surface area contributed by atoms with Gasteiger partial charge < -0.3 is 9.84 Å². The Hall–Kier alpha value is -1.77. The number of hydrogen-bond donors (Lipinski definition) is 1. The molecule has 0 unspecified atom stereocenters. The summed E-state index contributed by atoms with van der Waals surface area (Å²) < 4.78 is 5.14. The van der Waals surface area contributed by atoms with E-state index in [1.54, 1.807) is 18.2 Å². The third-order valence-corrected chi connectivity index (χ3v) is 2.23. The first-order valence-electron chi connectivity index (χ1n) is 6.05. The zero-order chi connectivity index (χ0) is 13.6. The lowest BCUT2D eigenvalue weighted by atomic mass is 10.1. The Morgan fingerprint density at radius 2 is 2.00 bits per heavy atom. The molecule has 18 heavy (non-hydrogen) atoms. The molecule has 3 heteroatoms. The quantitative estimate of drug-likeness (QED) is 0.657. The molecule has 0 saturated carbocycles. The van der Waals surface area contributed by atoms with Crippen LogP contribution in [-0.4, -0.2) is 16.7 Å². The normalized spacial score (nSPS) is 11.7. The van der Waals surface area contributed by atoms with E-state index in [1.807, 2.05) is 32.9 Å². The predicted molar refractivity (Wildman–Crippen MR) is 71.4 cm³/mol. The maximum absolute atomic E-state index is 11.4. The van der Waals surface area contributed by atoms with Gasteiger partial charge in [0, 0.05) is 6.08 Å². The Morgan fingerprint density at radius 3 is 2.61 bits per heavy atom. The fourth-order valence-corrected chi connectivity index (χ4v) is 1.48. The number of para-hydroxylation sites is 1. The van der Waals surface area contributed by atoms with Crippen LogP contribution in [0.25, 0.3) is 0 Å². The topological polar surface area (TPSA) is 46.5 Å². The van der Waals surface area contributed by atoms with Crippen molar-refractivity contribution in [2.24, 2.45) is 0 Å². The van der Waals surface area contributed by atoms with Crippen molar-refractivity contribution >= 4 is 5.97 Å². The number of aryl methyl sites for hydroxylation is 1. The number of hydrogen-bond acceptors (Lipinski definition) is 3. The molecule has 0 bridgehead atoms. The van der Waals surface area contributed by atoms with Crippen molar-refractivity contribution in [3.63, 3.8) is 0 Å². The van der Waals surface area contributed by atoms with Gasteiger partial charge in [0.2, 0.25) is 0 Å². The van der Waals surface area contributed by atoms with Gasteiger partial charge in [0.05, 0.1) is 0 Å². The smallest absolute Gasteiger partial charge is 0.330 e. The largest absolute Gasteiger partial charge is 0.508 e. The van der Waals surface area contributed by atoms with E-state index < -0.39 is 5.60 Å². The summed E-state index contributed by atoms with van der Waals surface area (Å²) in [6.07, 6.45) is 4.59. The number of phenolic OH excluding ortho intramolecular Hbond substituents is 1. The zero-order valence-electron chi connectivity index (χ0n) is 11.1. The number of carbonyl (C=O) groups is 1. The summed E-state index contributed by atoms with van der Waals surface area (Å²) in [4.78, 5) is 11.4. The van der Waals surface area contributed by atoms with E-state index in [0.29, 0.717) is 18.6 Å². The lowest BCUT2D eigenvalue weighted by Gasteiger charge is -2.17. The van der Waals surface area contributed by atoms with Crippen LogP contribution >= 0.6 is 0 Å². The lowest BCUT2D eigenvalue weighted by Crippen LogP contribution is -2.22. The van der Waals surface area contributed by atoms with Crippen LogP contribution in [0.2, 0.25) is 0 Å². The average molecular weight is 248 g/mol. The minimum atomic E-state index is -0.459. The van der Waals surface area contributed by atoms with Crippen molar-refractivity contribution in [3.05, 3.63) is 42.0 Å². The van der Waals surface area contributed by atoms with E-state index in [1.165, 1.54) is 6.08 Å². The summed E-state index contributed by atoms with van der Waals surface area (Å²) in [5, 5.41) is 9.56. The van der Waals surface area contributed by atoms with E-state index in [4.69, 9.17) is 4.74 Å². The minimum Gasteiger partial charge on any atom is -0.508 e. The molecule has 0 saturated heterocycles. The number of phenols is 1. The third-order valence-electron chi connectivity index (χ3n) is 2.23. The monoisotopic (exact) mass is 248 g/mol. The first kappa shape index (κ1) is 14.3. The van der Waals surface area contributed by atoms with Gasteiger partial charge in [-0.2, -0.15) is 0 Å². The van der Waals surface area contributed by atoms with Crippen molar-refractivity contribution in [1.82, 2.24) is 0 Å². The number of rotatable bonds is 4. The molecule has 1 aromatic rings. The molecule has 0 aliphatic rings. The fraction of sp³-hybridized carbons (Fsp3) is 0.400. The summed E-state index contributed by atoms with van der Waals surface area (Å²) in [5.41, 5.74) is 0.422. The Kier molecular flexibility index (Phi) is 4.95. The summed E-state index contributed by atoms with van der Waals surface area (Å²) in [5.74, 6) is -0.0389. The molecule has 0 spiro atoms. The molecule has 0 aromatic heterocycles. The van der Waals surface area contributed by atoms with Gasteiger partial charge in [-0.3, -0.25) is 0 Å². The van der Waals surface area contributed by atoms with Crippen molar-refractivity contribution < 1.29 is 14.6 Å². The van der Waals surface area contributed by atoms with Crippen LogP contribution in [0.4, 0.5) is 0 Å². The van der Waals surface area contributed by atoms with Gasteiger partial charge in [-0.05, 0) is 45.2 Å². The predicted octanol–water partition coefficient (Wildman–Crippen LogP) is 3.22. The van der Waals surface area contributed by atoms with Crippen LogP contribution in [0.15, 0.2) is 36.4 Å². The van der Waals surface area contributed by atoms with Crippen LogP contribution in [0, 0.1) is 0 Å². The number of aromatic hydroxyl groups is 1. The van der Waals surface area contributed by atoms with Crippen LogP contribution in [0.1, 0.15) is 32.8 Å². The number of ether oxygens (including phenoxy) is 1. The Morgan fingerprint density at radius 1 is 1.33 bits per heavy atom. The molecule has 1 rings (SSSR count). The highest BCUT2D eigenvalue weighted by molar-refractivity contribution is 5.82. The molecular formula is C15H20O3. The summed E-state index contributed by atoms with van der Waals surface area (Å²) >= 11 is 0. The number of esters is 1. The van der Waals surface area contributed by atoms with E-state index in [0.717, 1.165) is 5.56 Å². The van der Waals surface area contributed by atoms with Crippen molar-refractivity contribution in [3.8, 4) is 5.75 Å². The SMILES string of the molecule is CC(C)(C)OC(=O)/C=C/CCc1ccccc1O. The molecule has 0 atom stereocenters. The molecule has 0 amide bonds. The van der Waals surface area contributed by atoms with E-state index in [-0.39, 0.29) is 5.97 Å². The van der Waals surface area contributed by atoms with Gasteiger partial charge in [0.25, 0.3) is 0 Å². The lowest BCUT2D eigenvalue weighted by molar-refractivity contribution is -0.148. The molecule has 0 aliphatic heterocycles. The Balaban J connectivity index is 2.38. The average Bonchev–Trinajstić information content (AvgIpc) is 2.24. The van der Waals surface area contributed by atoms with Crippen LogP contribution in [0.3, 0.4) is 0 Å². The fourth-order valence-electron chi connectivity index (χ4n) is 1.48. The molecule has 0 aliphatic carbocycles. The summed E-state index contributed by atoms with van der Waals surface area (Å²) in [6, 6.07) is 7.20. The van der Waals surface area contributed by atoms with Gasteiger partial charge in [0.15, 0.2) is 0 Å². The Bertz CT molecular complexity index is 428. The van der Waals surface area contributed by atoms with Crippen LogP contribution in [-0.2, 0) is 16.0 Å². The molecular weight excluding hydrogens is 228 g/mol. The number of benzene rings is 1. The first-order valence-corrected chi connectivity index (χ1v) is 6.05. The second-order valence-electron chi connectivity index (χ2n) is 5.10. The number of carbonyl (C=O) groups excluding carboxylic acids is 1. The standard InChI is InChI=1S/C15H20O3/c1-15(2,3)18-14(17)11-7-5-9-12-8-4-6-10-13(12)16/h4,6-8,10-11,16H,5,9H2,1-3H3/b11-7+. The van der Waals surface area contributed by atoms with Crippen molar-refractivity contribution in [2.75, 3.05) is 0 Å². The first-order chi connectivity index (χ1) is 8.38. The molecule has 0 heterocycles. The third kappa shape index (κ3) is 5.53. The highest BCUT2D eigenvalue weighted by atomic mass is 16.6. The van der Waals surface area contributed by atoms with Crippen molar-refractivity contribution in [1.29, 1.82) is 0 Å². The molecule has 98 valence electrons. The van der Waals surface area contributed by atoms with Crippen LogP contribution in [0.5, 0.6) is 5.75 Å². The molecule has 1 N–H and O–H groups in total. The highest BCUT2D eigenvalue weighted by Gasteiger charge is 2.13. The molecule has 3 nitrogen and oxygen atoms in total. The van der Waals surface area contributed by atoms with Gasteiger partial charge in [-0.1, -0.05) is 24.3 Å². The summed E-state index contributed by atoms with van der Waals surface area (Å²) in [7, 11) is 0.